The second-order valence-electron chi connectivity index (χ2n) is 7.16. The monoisotopic (exact) mass is 409 g/mol. The molecule has 0 saturated heterocycles. The Morgan fingerprint density at radius 2 is 1.93 bits per heavy atom. The third kappa shape index (κ3) is 4.09. The summed E-state index contributed by atoms with van der Waals surface area (Å²) >= 11 is 7.49. The largest absolute Gasteiger partial charge is 0.306 e. The molecule has 7 heteroatoms. The molecule has 0 amide bonds. The number of benzene rings is 1. The lowest BCUT2D eigenvalue weighted by Crippen LogP contribution is -2.02. The maximum atomic E-state index is 5.92. The van der Waals surface area contributed by atoms with Crippen LogP contribution in [0.15, 0.2) is 66.1 Å². The van der Waals surface area contributed by atoms with Crippen LogP contribution in [-0.4, -0.2) is 19.2 Å². The molecule has 1 N–H and O–H groups in total. The van der Waals surface area contributed by atoms with Crippen molar-refractivity contribution in [2.45, 2.75) is 36.7 Å². The van der Waals surface area contributed by atoms with Gasteiger partial charge in [0.05, 0.1) is 23.3 Å². The summed E-state index contributed by atoms with van der Waals surface area (Å²) in [6, 6.07) is 12.2. The van der Waals surface area contributed by atoms with E-state index < -0.39 is 0 Å². The van der Waals surface area contributed by atoms with Crippen molar-refractivity contribution in [1.29, 1.82) is 0 Å². The summed E-state index contributed by atoms with van der Waals surface area (Å²) in [4.78, 5) is 5.79. The first-order valence-electron chi connectivity index (χ1n) is 9.37. The van der Waals surface area contributed by atoms with E-state index >= 15 is 0 Å². The Kier molecular flexibility index (Phi) is 4.84. The maximum absolute atomic E-state index is 5.92. The van der Waals surface area contributed by atoms with E-state index in [4.69, 9.17) is 16.6 Å². The van der Waals surface area contributed by atoms with E-state index in [0.717, 1.165) is 33.7 Å². The van der Waals surface area contributed by atoms with E-state index in [1.54, 1.807) is 11.9 Å². The lowest BCUT2D eigenvalue weighted by Gasteiger charge is -2.02. The quantitative estimate of drug-likeness (QED) is 0.441. The van der Waals surface area contributed by atoms with Crippen molar-refractivity contribution in [1.82, 2.24) is 23.9 Å². The maximum Gasteiger partial charge on any atom is 0.137 e. The second-order valence-corrected chi connectivity index (χ2v) is 8.56. The summed E-state index contributed by atoms with van der Waals surface area (Å²) in [7, 11) is 0. The van der Waals surface area contributed by atoms with Crippen molar-refractivity contribution in [3.63, 3.8) is 0 Å². The molecule has 3 aromatic heterocycles. The number of aromatic nitrogens is 4. The molecule has 3 heterocycles. The Morgan fingerprint density at radius 3 is 2.75 bits per heavy atom. The minimum atomic E-state index is 0.665. The number of hydrogen-bond acceptors (Lipinski definition) is 4. The van der Waals surface area contributed by atoms with Gasteiger partial charge < -0.3 is 4.40 Å². The summed E-state index contributed by atoms with van der Waals surface area (Å²) in [6.07, 6.45) is 10.9. The second kappa shape index (κ2) is 7.62. The van der Waals surface area contributed by atoms with Crippen LogP contribution in [0.4, 0.5) is 0 Å². The van der Waals surface area contributed by atoms with Crippen LogP contribution in [0, 0.1) is 0 Å². The van der Waals surface area contributed by atoms with Gasteiger partial charge in [-0.05, 0) is 60.0 Å². The zero-order chi connectivity index (χ0) is 18.9. The molecule has 1 fully saturated rings. The fourth-order valence-electron chi connectivity index (χ4n) is 3.25. The molecule has 0 unspecified atom stereocenters. The molecule has 4 aromatic rings. The van der Waals surface area contributed by atoms with Gasteiger partial charge >= 0.3 is 0 Å². The molecule has 0 radical (unpaired) electrons. The molecule has 0 aliphatic heterocycles. The first-order chi connectivity index (χ1) is 13.7. The normalized spacial score (nSPS) is 14.0. The van der Waals surface area contributed by atoms with Crippen LogP contribution >= 0.6 is 23.5 Å². The summed E-state index contributed by atoms with van der Waals surface area (Å²) in [6.45, 7) is 1.43. The van der Waals surface area contributed by atoms with Crippen LogP contribution in [0.1, 0.15) is 35.6 Å². The highest BCUT2D eigenvalue weighted by atomic mass is 35.5. The van der Waals surface area contributed by atoms with Crippen LogP contribution in [-0.2, 0) is 13.1 Å². The molecule has 5 nitrogen and oxygen atoms in total. The van der Waals surface area contributed by atoms with Crippen LogP contribution in [0.25, 0.3) is 5.65 Å². The first-order valence-corrected chi connectivity index (χ1v) is 10.6. The van der Waals surface area contributed by atoms with Crippen molar-refractivity contribution < 1.29 is 0 Å². The molecular weight excluding hydrogens is 390 g/mol. The highest BCUT2D eigenvalue weighted by Crippen LogP contribution is 2.39. The van der Waals surface area contributed by atoms with Gasteiger partial charge in [-0.15, -0.1) is 0 Å². The molecule has 5 rings (SSSR count). The minimum absolute atomic E-state index is 0.665. The third-order valence-corrected chi connectivity index (χ3v) is 5.87. The molecular formula is C21H20ClN5S. The number of hydrogen-bond donors (Lipinski definition) is 1. The number of nitrogens with zero attached hydrogens (tertiary/aromatic N) is 4. The summed E-state index contributed by atoms with van der Waals surface area (Å²) in [5.74, 6) is 0.751. The van der Waals surface area contributed by atoms with Gasteiger partial charge in [-0.3, -0.25) is 9.40 Å². The molecule has 0 bridgehead atoms. The van der Waals surface area contributed by atoms with Crippen molar-refractivity contribution >= 4 is 29.2 Å². The SMILES string of the molecule is Clc1ccc(CNSc2cnn(Cc3cn4cc(C5CC5)ccc4n3)c2)cc1. The fraction of sp³-hybridized carbons (Fsp3) is 0.238. The molecule has 28 heavy (non-hydrogen) atoms. The van der Waals surface area contributed by atoms with Gasteiger partial charge in [0.2, 0.25) is 0 Å². The van der Waals surface area contributed by atoms with Gasteiger partial charge in [-0.25, -0.2) is 4.98 Å². The lowest BCUT2D eigenvalue weighted by atomic mass is 10.2. The van der Waals surface area contributed by atoms with E-state index in [-0.39, 0.29) is 0 Å². The molecule has 0 atom stereocenters. The number of halogens is 1. The number of imidazole rings is 1. The Labute approximate surface area is 172 Å². The highest BCUT2D eigenvalue weighted by molar-refractivity contribution is 7.97. The Morgan fingerprint density at radius 1 is 1.07 bits per heavy atom. The van der Waals surface area contributed by atoms with Crippen LogP contribution in [0.2, 0.25) is 5.02 Å². The zero-order valence-electron chi connectivity index (χ0n) is 15.3. The minimum Gasteiger partial charge on any atom is -0.306 e. The Bertz CT molecular complexity index is 1100. The zero-order valence-corrected chi connectivity index (χ0v) is 16.8. The van der Waals surface area contributed by atoms with Gasteiger partial charge in [-0.2, -0.15) is 5.10 Å². The van der Waals surface area contributed by atoms with E-state index in [2.05, 4.69) is 38.7 Å². The number of rotatable bonds is 7. The average Bonchev–Trinajstić information content (AvgIpc) is 3.33. The Hall–Kier alpha value is -2.28. The van der Waals surface area contributed by atoms with Gasteiger partial charge in [-0.1, -0.05) is 29.8 Å². The number of pyridine rings is 1. The molecule has 1 aliphatic rings. The number of nitrogens with one attached hydrogen (secondary N) is 1. The van der Waals surface area contributed by atoms with Crippen LogP contribution < -0.4 is 4.72 Å². The molecule has 1 aliphatic carbocycles. The van der Waals surface area contributed by atoms with Crippen molar-refractivity contribution in [2.24, 2.45) is 0 Å². The third-order valence-electron chi connectivity index (χ3n) is 4.89. The molecule has 1 saturated carbocycles. The molecule has 1 aromatic carbocycles. The lowest BCUT2D eigenvalue weighted by molar-refractivity contribution is 0.675. The smallest absolute Gasteiger partial charge is 0.137 e. The average molecular weight is 410 g/mol. The summed E-state index contributed by atoms with van der Waals surface area (Å²) < 4.78 is 7.42. The fourth-order valence-corrected chi connectivity index (χ4v) is 4.06. The van der Waals surface area contributed by atoms with Gasteiger partial charge in [0, 0.05) is 30.2 Å². The van der Waals surface area contributed by atoms with E-state index in [1.165, 1.54) is 24.0 Å². The first kappa shape index (κ1) is 17.8. The van der Waals surface area contributed by atoms with Gasteiger partial charge in [0.25, 0.3) is 0 Å². The number of fused-ring (bicyclic) bond motifs is 1. The van der Waals surface area contributed by atoms with Crippen molar-refractivity contribution in [2.75, 3.05) is 0 Å². The summed E-state index contributed by atoms with van der Waals surface area (Å²) in [5.41, 5.74) is 4.62. The Balaban J connectivity index is 1.20. The van der Waals surface area contributed by atoms with Crippen molar-refractivity contribution in [3.8, 4) is 0 Å². The topological polar surface area (TPSA) is 47.2 Å². The van der Waals surface area contributed by atoms with Crippen LogP contribution in [0.5, 0.6) is 0 Å². The predicted molar refractivity (Wildman–Crippen MR) is 113 cm³/mol. The predicted octanol–water partition coefficient (Wildman–Crippen LogP) is 4.91. The molecule has 0 spiro atoms. The van der Waals surface area contributed by atoms with Crippen LogP contribution in [0.3, 0.4) is 0 Å². The van der Waals surface area contributed by atoms with E-state index in [0.29, 0.717) is 6.54 Å². The van der Waals surface area contributed by atoms with E-state index in [9.17, 15) is 0 Å². The van der Waals surface area contributed by atoms with Crippen molar-refractivity contribution in [3.05, 3.63) is 83.0 Å². The summed E-state index contributed by atoms with van der Waals surface area (Å²) in [5, 5.41) is 5.22. The van der Waals surface area contributed by atoms with Gasteiger partial charge in [0.15, 0.2) is 0 Å². The highest BCUT2D eigenvalue weighted by Gasteiger charge is 2.23. The van der Waals surface area contributed by atoms with Gasteiger partial charge in [0.1, 0.15) is 5.65 Å². The standard InChI is InChI=1S/C21H20ClN5S/c22-18-6-1-15(2-7-18)9-24-28-20-10-23-27(14-20)13-19-12-26-11-17(16-3-4-16)5-8-21(26)25-19/h1-2,5-8,10-12,14,16,24H,3-4,9,13H2. The van der Waals surface area contributed by atoms with E-state index in [1.807, 2.05) is 41.3 Å². The molecule has 142 valence electrons.